The van der Waals surface area contributed by atoms with E-state index in [1.807, 2.05) is 0 Å². The summed E-state index contributed by atoms with van der Waals surface area (Å²) in [5.74, 6) is -0.576. The molecule has 0 radical (unpaired) electrons. The number of nitrogens with zero attached hydrogens (tertiary/aromatic N) is 1. The van der Waals surface area contributed by atoms with Crippen LogP contribution in [-0.2, 0) is 10.0 Å². The monoisotopic (exact) mass is 313 g/mol. The number of hydrogen-bond donors (Lipinski definition) is 1. The van der Waals surface area contributed by atoms with Crippen LogP contribution in [0.4, 0.5) is 4.39 Å². The van der Waals surface area contributed by atoms with Crippen molar-refractivity contribution in [1.82, 2.24) is 4.31 Å². The predicted octanol–water partition coefficient (Wildman–Crippen LogP) is 2.17. The first kappa shape index (κ1) is 16.1. The summed E-state index contributed by atoms with van der Waals surface area (Å²) >= 11 is 0. The molecule has 1 aliphatic rings. The molecule has 1 fully saturated rings. The molecule has 1 N–H and O–H groups in total. The lowest BCUT2D eigenvalue weighted by Gasteiger charge is -2.40. The van der Waals surface area contributed by atoms with Crippen molar-refractivity contribution in [3.63, 3.8) is 0 Å². The number of allylic oxidation sites excluding steroid dienone is 1. The van der Waals surface area contributed by atoms with Crippen LogP contribution in [0, 0.1) is 11.2 Å². The first-order chi connectivity index (χ1) is 9.93. The maximum absolute atomic E-state index is 13.3. The van der Waals surface area contributed by atoms with E-state index in [0.717, 1.165) is 12.5 Å². The number of sulfonamides is 1. The van der Waals surface area contributed by atoms with E-state index in [1.165, 1.54) is 22.5 Å². The second-order valence-corrected chi connectivity index (χ2v) is 7.49. The summed E-state index contributed by atoms with van der Waals surface area (Å²) in [5, 5.41) is 9.64. The summed E-state index contributed by atoms with van der Waals surface area (Å²) in [5.41, 5.74) is -0.486. The van der Waals surface area contributed by atoms with Crippen molar-refractivity contribution in [2.75, 3.05) is 19.7 Å². The Hall–Kier alpha value is -1.24. The third-order valence-electron chi connectivity index (χ3n) is 3.97. The molecule has 1 saturated heterocycles. The van der Waals surface area contributed by atoms with Gasteiger partial charge in [-0.1, -0.05) is 12.1 Å². The van der Waals surface area contributed by atoms with Crippen molar-refractivity contribution in [1.29, 1.82) is 0 Å². The van der Waals surface area contributed by atoms with Gasteiger partial charge in [0, 0.05) is 18.5 Å². The van der Waals surface area contributed by atoms with Crippen LogP contribution < -0.4 is 0 Å². The number of halogens is 1. The molecule has 1 heterocycles. The molecular weight excluding hydrogens is 293 g/mol. The van der Waals surface area contributed by atoms with Gasteiger partial charge in [0.15, 0.2) is 0 Å². The Labute approximate surface area is 125 Å². The fourth-order valence-electron chi connectivity index (χ4n) is 2.81. The van der Waals surface area contributed by atoms with E-state index >= 15 is 0 Å². The Balaban J connectivity index is 2.30. The van der Waals surface area contributed by atoms with E-state index in [2.05, 4.69) is 6.58 Å². The minimum Gasteiger partial charge on any atom is -0.396 e. The number of rotatable bonds is 5. The van der Waals surface area contributed by atoms with Gasteiger partial charge in [-0.2, -0.15) is 4.31 Å². The predicted molar refractivity (Wildman–Crippen MR) is 78.7 cm³/mol. The number of piperidine rings is 1. The molecule has 0 aliphatic carbocycles. The van der Waals surface area contributed by atoms with Gasteiger partial charge in [0.2, 0.25) is 10.0 Å². The van der Waals surface area contributed by atoms with Crippen molar-refractivity contribution in [3.8, 4) is 0 Å². The van der Waals surface area contributed by atoms with Gasteiger partial charge in [0.25, 0.3) is 0 Å². The van der Waals surface area contributed by atoms with Gasteiger partial charge in [-0.15, -0.1) is 6.58 Å². The van der Waals surface area contributed by atoms with Crippen LogP contribution in [0.25, 0.3) is 0 Å². The van der Waals surface area contributed by atoms with Crippen LogP contribution in [-0.4, -0.2) is 37.5 Å². The third-order valence-corrected chi connectivity index (χ3v) is 5.81. The lowest BCUT2D eigenvalue weighted by molar-refractivity contribution is 0.0669. The number of hydrogen-bond acceptors (Lipinski definition) is 3. The SMILES string of the molecule is C=CCC1(CO)CCCN(S(=O)(=O)c2cccc(F)c2)C1. The molecule has 4 nitrogen and oxygen atoms in total. The average molecular weight is 313 g/mol. The largest absolute Gasteiger partial charge is 0.396 e. The van der Waals surface area contributed by atoms with Gasteiger partial charge < -0.3 is 5.11 Å². The fraction of sp³-hybridized carbons (Fsp3) is 0.467. The summed E-state index contributed by atoms with van der Waals surface area (Å²) in [6.07, 6.45) is 3.68. The van der Waals surface area contributed by atoms with E-state index in [0.29, 0.717) is 19.4 Å². The van der Waals surface area contributed by atoms with Crippen LogP contribution in [0.5, 0.6) is 0 Å². The van der Waals surface area contributed by atoms with E-state index in [-0.39, 0.29) is 18.0 Å². The second-order valence-electron chi connectivity index (χ2n) is 5.55. The Morgan fingerprint density at radius 1 is 1.48 bits per heavy atom. The molecule has 0 spiro atoms. The van der Waals surface area contributed by atoms with Gasteiger partial charge in [-0.3, -0.25) is 0 Å². The Bertz CT molecular complexity index is 617. The molecule has 6 heteroatoms. The Morgan fingerprint density at radius 3 is 2.86 bits per heavy atom. The Morgan fingerprint density at radius 2 is 2.24 bits per heavy atom. The number of aliphatic hydroxyl groups is 1. The van der Waals surface area contributed by atoms with E-state index in [1.54, 1.807) is 6.08 Å². The summed E-state index contributed by atoms with van der Waals surface area (Å²) < 4.78 is 39.8. The standard InChI is InChI=1S/C15H20FNO3S/c1-2-7-15(12-18)8-4-9-17(11-15)21(19,20)14-6-3-5-13(16)10-14/h2-3,5-6,10,18H,1,4,7-9,11-12H2. The molecule has 1 unspecified atom stereocenters. The summed E-state index contributed by atoms with van der Waals surface area (Å²) in [4.78, 5) is -0.0464. The molecule has 116 valence electrons. The molecule has 1 aliphatic heterocycles. The van der Waals surface area contributed by atoms with Crippen LogP contribution in [0.1, 0.15) is 19.3 Å². The van der Waals surface area contributed by atoms with E-state index < -0.39 is 21.3 Å². The summed E-state index contributed by atoms with van der Waals surface area (Å²) in [7, 11) is -3.74. The van der Waals surface area contributed by atoms with Crippen molar-refractivity contribution >= 4 is 10.0 Å². The zero-order chi connectivity index (χ0) is 15.5. The first-order valence-electron chi connectivity index (χ1n) is 6.91. The third kappa shape index (κ3) is 3.33. The van der Waals surface area contributed by atoms with Gasteiger partial charge >= 0.3 is 0 Å². The van der Waals surface area contributed by atoms with Gasteiger partial charge in [-0.05, 0) is 37.5 Å². The molecule has 0 aromatic heterocycles. The van der Waals surface area contributed by atoms with Crippen LogP contribution in [0.3, 0.4) is 0 Å². The fourth-order valence-corrected chi connectivity index (χ4v) is 4.43. The maximum atomic E-state index is 13.3. The maximum Gasteiger partial charge on any atom is 0.243 e. The second kappa shape index (κ2) is 6.25. The average Bonchev–Trinajstić information content (AvgIpc) is 2.48. The molecule has 0 amide bonds. The van der Waals surface area contributed by atoms with Crippen LogP contribution in [0.15, 0.2) is 41.8 Å². The zero-order valence-electron chi connectivity index (χ0n) is 11.8. The normalized spacial score (nSPS) is 23.9. The zero-order valence-corrected chi connectivity index (χ0v) is 12.7. The molecule has 1 atom stereocenters. The molecule has 2 rings (SSSR count). The molecule has 1 aromatic carbocycles. The van der Waals surface area contributed by atoms with Gasteiger partial charge in [-0.25, -0.2) is 12.8 Å². The molecule has 0 bridgehead atoms. The van der Waals surface area contributed by atoms with Crippen molar-refractivity contribution in [2.45, 2.75) is 24.2 Å². The quantitative estimate of drug-likeness (QED) is 0.848. The van der Waals surface area contributed by atoms with Crippen molar-refractivity contribution in [3.05, 3.63) is 42.7 Å². The van der Waals surface area contributed by atoms with E-state index in [9.17, 15) is 17.9 Å². The van der Waals surface area contributed by atoms with E-state index in [4.69, 9.17) is 0 Å². The highest BCUT2D eigenvalue weighted by Gasteiger charge is 2.39. The summed E-state index contributed by atoms with van der Waals surface area (Å²) in [6.45, 7) is 4.20. The highest BCUT2D eigenvalue weighted by atomic mass is 32.2. The highest BCUT2D eigenvalue weighted by Crippen LogP contribution is 2.35. The molecule has 0 saturated carbocycles. The summed E-state index contributed by atoms with van der Waals surface area (Å²) in [6, 6.07) is 5.01. The minimum absolute atomic E-state index is 0.0464. The molecular formula is C15H20FNO3S. The lowest BCUT2D eigenvalue weighted by atomic mass is 9.79. The van der Waals surface area contributed by atoms with Crippen molar-refractivity contribution in [2.24, 2.45) is 5.41 Å². The first-order valence-corrected chi connectivity index (χ1v) is 8.35. The molecule has 21 heavy (non-hydrogen) atoms. The lowest BCUT2D eigenvalue weighted by Crippen LogP contribution is -2.47. The van der Waals surface area contributed by atoms with Gasteiger partial charge in [0.05, 0.1) is 11.5 Å². The number of benzene rings is 1. The smallest absolute Gasteiger partial charge is 0.243 e. The van der Waals surface area contributed by atoms with Gasteiger partial charge in [0.1, 0.15) is 5.82 Å². The number of aliphatic hydroxyl groups excluding tert-OH is 1. The highest BCUT2D eigenvalue weighted by molar-refractivity contribution is 7.89. The minimum atomic E-state index is -3.74. The topological polar surface area (TPSA) is 57.6 Å². The van der Waals surface area contributed by atoms with Crippen LogP contribution in [0.2, 0.25) is 0 Å². The molecule has 1 aromatic rings. The van der Waals surface area contributed by atoms with Crippen molar-refractivity contribution < 1.29 is 17.9 Å². The Kier molecular flexibility index (Phi) is 4.81. The van der Waals surface area contributed by atoms with Crippen LogP contribution >= 0.6 is 0 Å².